The number of anilines is 1. The summed E-state index contributed by atoms with van der Waals surface area (Å²) in [7, 11) is 2.86. The number of carbonyl (C=O) groups is 2. The van der Waals surface area contributed by atoms with Gasteiger partial charge in [-0.05, 0) is 18.6 Å². The van der Waals surface area contributed by atoms with E-state index in [4.69, 9.17) is 37.4 Å². The number of halogens is 2. The fraction of sp³-hybridized carbons (Fsp3) is 0.304. The second kappa shape index (κ2) is 10.5. The third-order valence-electron chi connectivity index (χ3n) is 5.60. The first kappa shape index (κ1) is 24.8. The van der Waals surface area contributed by atoms with Crippen LogP contribution in [0.1, 0.15) is 22.5 Å². The van der Waals surface area contributed by atoms with Gasteiger partial charge in [0.1, 0.15) is 11.5 Å². The van der Waals surface area contributed by atoms with E-state index < -0.39 is 5.78 Å². The van der Waals surface area contributed by atoms with Crippen LogP contribution in [0.25, 0.3) is 11.0 Å². The number of H-pyrrole nitrogens is 1. The van der Waals surface area contributed by atoms with Crippen LogP contribution in [0.15, 0.2) is 31.0 Å². The molecule has 1 amide bonds. The Balaban J connectivity index is 1.62. The van der Waals surface area contributed by atoms with Gasteiger partial charge in [-0.2, -0.15) is 0 Å². The number of ether oxygens (including phenoxy) is 3. The summed E-state index contributed by atoms with van der Waals surface area (Å²) in [5.41, 5.74) is 1.29. The zero-order valence-electron chi connectivity index (χ0n) is 19.0. The number of amides is 1. The van der Waals surface area contributed by atoms with Crippen molar-refractivity contribution >= 4 is 51.9 Å². The number of aromatic nitrogens is 3. The molecular weight excluding hydrogens is 497 g/mol. The van der Waals surface area contributed by atoms with E-state index in [9.17, 15) is 9.59 Å². The van der Waals surface area contributed by atoms with E-state index in [0.717, 1.165) is 0 Å². The average Bonchev–Trinajstić information content (AvgIpc) is 3.29. The molecule has 3 N–H and O–H groups in total. The average molecular weight is 520 g/mol. The fourth-order valence-corrected chi connectivity index (χ4v) is 4.46. The molecule has 1 fully saturated rings. The summed E-state index contributed by atoms with van der Waals surface area (Å²) < 4.78 is 16.0. The lowest BCUT2D eigenvalue weighted by Gasteiger charge is -2.32. The Morgan fingerprint density at radius 3 is 2.57 bits per heavy atom. The summed E-state index contributed by atoms with van der Waals surface area (Å²) >= 11 is 12.8. The van der Waals surface area contributed by atoms with E-state index in [1.54, 1.807) is 12.3 Å². The van der Waals surface area contributed by atoms with Crippen LogP contribution in [0, 0.1) is 0 Å². The fourth-order valence-electron chi connectivity index (χ4n) is 3.79. The van der Waals surface area contributed by atoms with Crippen molar-refractivity contribution in [1.29, 1.82) is 0 Å². The van der Waals surface area contributed by atoms with Gasteiger partial charge in [-0.3, -0.25) is 9.59 Å². The Hall–Kier alpha value is -3.34. The Bertz CT molecular complexity index is 1270. The van der Waals surface area contributed by atoms with Gasteiger partial charge in [0.2, 0.25) is 17.6 Å². The molecule has 1 aliphatic heterocycles. The summed E-state index contributed by atoms with van der Waals surface area (Å²) in [6.45, 7) is 4.39. The van der Waals surface area contributed by atoms with E-state index in [1.807, 2.05) is 0 Å². The summed E-state index contributed by atoms with van der Waals surface area (Å²) in [4.78, 5) is 36.9. The van der Waals surface area contributed by atoms with Crippen LogP contribution in [0.2, 0.25) is 10.0 Å². The third kappa shape index (κ3) is 5.04. The summed E-state index contributed by atoms with van der Waals surface area (Å²) in [6, 6.07) is 2.67. The molecule has 1 aliphatic rings. The minimum absolute atomic E-state index is 0.0440. The molecule has 0 bridgehead atoms. The molecule has 2 unspecified atom stereocenters. The molecule has 1 aromatic carbocycles. The van der Waals surface area contributed by atoms with Gasteiger partial charge in [0.15, 0.2) is 0 Å². The first-order valence-electron chi connectivity index (χ1n) is 10.6. The minimum atomic E-state index is -0.461. The number of ketones is 1. The third-order valence-corrected chi connectivity index (χ3v) is 6.35. The molecule has 35 heavy (non-hydrogen) atoms. The molecule has 2 atom stereocenters. The van der Waals surface area contributed by atoms with Crippen molar-refractivity contribution in [1.82, 2.24) is 20.3 Å². The number of rotatable bonds is 8. The van der Waals surface area contributed by atoms with E-state index in [1.165, 1.54) is 26.4 Å². The van der Waals surface area contributed by atoms with Crippen molar-refractivity contribution in [3.05, 3.63) is 52.3 Å². The molecule has 0 aliphatic carbocycles. The molecule has 3 heterocycles. The zero-order chi connectivity index (χ0) is 25.1. The molecule has 184 valence electrons. The highest BCUT2D eigenvalue weighted by atomic mass is 35.5. The maximum atomic E-state index is 13.3. The zero-order valence-corrected chi connectivity index (χ0v) is 20.5. The smallest absolute Gasteiger partial charge is 0.243 e. The van der Waals surface area contributed by atoms with E-state index >= 15 is 0 Å². The Morgan fingerprint density at radius 2 is 1.91 bits per heavy atom. The lowest BCUT2D eigenvalue weighted by atomic mass is 10.0. The predicted octanol–water partition coefficient (Wildman–Crippen LogP) is 3.38. The Morgan fingerprint density at radius 1 is 1.20 bits per heavy atom. The molecule has 12 heteroatoms. The van der Waals surface area contributed by atoms with Gasteiger partial charge in [0, 0.05) is 12.7 Å². The van der Waals surface area contributed by atoms with Crippen molar-refractivity contribution in [3.8, 4) is 11.5 Å². The van der Waals surface area contributed by atoms with Gasteiger partial charge in [0.25, 0.3) is 0 Å². The number of aromatic amines is 1. The SMILES string of the molecule is C=CC(=O)NC1CCOCC1Nc1ncc2[nH]c(C(=O)c3c(Cl)c(OC)cc(OC)c3Cl)cc2n1. The maximum Gasteiger partial charge on any atom is 0.243 e. The minimum Gasteiger partial charge on any atom is -0.495 e. The van der Waals surface area contributed by atoms with Gasteiger partial charge in [-0.15, -0.1) is 0 Å². The number of methoxy groups -OCH3 is 2. The van der Waals surface area contributed by atoms with Crippen molar-refractivity contribution in [2.75, 3.05) is 32.8 Å². The summed E-state index contributed by atoms with van der Waals surface area (Å²) in [5, 5.41) is 6.23. The topological polar surface area (TPSA) is 127 Å². The van der Waals surface area contributed by atoms with Crippen LogP contribution < -0.4 is 20.1 Å². The molecule has 3 aromatic rings. The lowest BCUT2D eigenvalue weighted by molar-refractivity contribution is -0.117. The standard InChI is InChI=1S/C23H23Cl2N5O5/c1-4-18(31)28-11-5-6-35-10-15(11)30-23-26-9-14-12(29-23)7-13(27-14)22(32)19-20(24)16(33-2)8-17(34-3)21(19)25/h4,7-9,11,15,27H,1,5-6,10H2,2-3H3,(H,28,31)(H,26,29,30). The largest absolute Gasteiger partial charge is 0.495 e. The highest BCUT2D eigenvalue weighted by Crippen LogP contribution is 2.41. The van der Waals surface area contributed by atoms with Crippen LogP contribution in [-0.4, -0.2) is 66.2 Å². The summed E-state index contributed by atoms with van der Waals surface area (Å²) in [6.07, 6.45) is 3.41. The van der Waals surface area contributed by atoms with Gasteiger partial charge in [-0.25, -0.2) is 9.97 Å². The predicted molar refractivity (Wildman–Crippen MR) is 132 cm³/mol. The monoisotopic (exact) mass is 519 g/mol. The molecule has 10 nitrogen and oxygen atoms in total. The van der Waals surface area contributed by atoms with Gasteiger partial charge >= 0.3 is 0 Å². The van der Waals surface area contributed by atoms with E-state index in [2.05, 4.69) is 32.2 Å². The molecule has 2 aromatic heterocycles. The number of hydrogen-bond donors (Lipinski definition) is 3. The molecule has 1 saturated heterocycles. The van der Waals surface area contributed by atoms with E-state index in [-0.39, 0.29) is 50.8 Å². The highest BCUT2D eigenvalue weighted by molar-refractivity contribution is 6.42. The quantitative estimate of drug-likeness (QED) is 0.305. The van der Waals surface area contributed by atoms with Crippen molar-refractivity contribution in [2.24, 2.45) is 0 Å². The molecule has 0 saturated carbocycles. The molecule has 4 rings (SSSR count). The second-order valence-electron chi connectivity index (χ2n) is 7.72. The van der Waals surface area contributed by atoms with Gasteiger partial charge in [-0.1, -0.05) is 29.8 Å². The maximum absolute atomic E-state index is 13.3. The second-order valence-corrected chi connectivity index (χ2v) is 8.48. The molecular formula is C23H23Cl2N5O5. The number of benzene rings is 1. The number of fused-ring (bicyclic) bond motifs is 1. The number of nitrogens with zero attached hydrogens (tertiary/aromatic N) is 2. The lowest BCUT2D eigenvalue weighted by Crippen LogP contribution is -2.52. The van der Waals surface area contributed by atoms with Gasteiger partial charge < -0.3 is 29.8 Å². The Labute approximate surface area is 211 Å². The molecule has 0 spiro atoms. The van der Waals surface area contributed by atoms with Crippen LogP contribution in [0.4, 0.5) is 5.95 Å². The van der Waals surface area contributed by atoms with Crippen molar-refractivity contribution in [2.45, 2.75) is 18.5 Å². The van der Waals surface area contributed by atoms with E-state index in [0.29, 0.717) is 36.6 Å². The van der Waals surface area contributed by atoms with Crippen LogP contribution in [0.5, 0.6) is 11.5 Å². The number of nitrogens with one attached hydrogen (secondary N) is 3. The van der Waals surface area contributed by atoms with Crippen LogP contribution in [0.3, 0.4) is 0 Å². The van der Waals surface area contributed by atoms with Crippen LogP contribution >= 0.6 is 23.2 Å². The first-order valence-corrected chi connectivity index (χ1v) is 11.4. The highest BCUT2D eigenvalue weighted by Gasteiger charge is 2.28. The Kier molecular flexibility index (Phi) is 7.44. The van der Waals surface area contributed by atoms with Crippen molar-refractivity contribution in [3.63, 3.8) is 0 Å². The first-order chi connectivity index (χ1) is 16.9. The normalized spacial score (nSPS) is 17.6. The number of hydrogen-bond acceptors (Lipinski definition) is 8. The summed E-state index contributed by atoms with van der Waals surface area (Å²) in [5.74, 6) is 0.110. The van der Waals surface area contributed by atoms with Crippen LogP contribution in [-0.2, 0) is 9.53 Å². The molecule has 0 radical (unpaired) electrons. The van der Waals surface area contributed by atoms with Gasteiger partial charge in [0.05, 0.1) is 71.4 Å². The number of carbonyl (C=O) groups excluding carboxylic acids is 2. The van der Waals surface area contributed by atoms with Crippen molar-refractivity contribution < 1.29 is 23.8 Å².